The summed E-state index contributed by atoms with van der Waals surface area (Å²) in [7, 11) is 5.52. The summed E-state index contributed by atoms with van der Waals surface area (Å²) >= 11 is -0.229. The Balaban J connectivity index is 2.61. The number of benzene rings is 1. The zero-order valence-electron chi connectivity index (χ0n) is 4.71. The number of para-hydroxylation sites is 1. The summed E-state index contributed by atoms with van der Waals surface area (Å²) in [5.41, 5.74) is 1.10. The van der Waals surface area contributed by atoms with Crippen molar-refractivity contribution in [2.75, 3.05) is 4.17 Å². The van der Waals surface area contributed by atoms with Crippen molar-refractivity contribution < 1.29 is 15.6 Å². The summed E-state index contributed by atoms with van der Waals surface area (Å²) in [6.45, 7) is 0. The molecule has 0 atom stereocenters. The van der Waals surface area contributed by atoms with Crippen molar-refractivity contribution in [3.05, 3.63) is 30.3 Å². The molecule has 0 fully saturated rings. The zero-order valence-corrected chi connectivity index (χ0v) is 6.86. The number of nitrogens with one attached hydrogen (secondary N) is 1. The van der Waals surface area contributed by atoms with Crippen molar-refractivity contribution in [1.29, 1.82) is 0 Å². The van der Waals surface area contributed by atoms with E-state index in [1.54, 1.807) is 0 Å². The first kappa shape index (κ1) is 7.01. The average Bonchev–Trinajstić information content (AvgIpc) is 1.91. The van der Waals surface area contributed by atoms with Crippen LogP contribution in [-0.2, 0) is 15.6 Å². The van der Waals surface area contributed by atoms with Gasteiger partial charge in [-0.05, 0) is 0 Å². The first-order chi connectivity index (χ1) is 4.43. The van der Waals surface area contributed by atoms with Gasteiger partial charge in [-0.15, -0.1) is 0 Å². The first-order valence-corrected chi connectivity index (χ1v) is 5.17. The minimum atomic E-state index is -0.229. The van der Waals surface area contributed by atoms with Crippen LogP contribution in [0, 0.1) is 0 Å². The Morgan fingerprint density at radius 2 is 1.89 bits per heavy atom. The van der Waals surface area contributed by atoms with E-state index in [4.69, 9.17) is 9.85 Å². The Kier molecular flexibility index (Phi) is 2.98. The van der Waals surface area contributed by atoms with Crippen molar-refractivity contribution in [1.82, 2.24) is 0 Å². The summed E-state index contributed by atoms with van der Waals surface area (Å²) in [5.74, 6) is 0. The van der Waals surface area contributed by atoms with Crippen molar-refractivity contribution >= 4 is 15.5 Å². The van der Waals surface area contributed by atoms with Crippen LogP contribution < -0.4 is 4.17 Å². The van der Waals surface area contributed by atoms with E-state index >= 15 is 0 Å². The molecule has 0 aromatic heterocycles. The van der Waals surface area contributed by atoms with Gasteiger partial charge in [0.15, 0.2) is 0 Å². The second-order valence-electron chi connectivity index (χ2n) is 1.56. The van der Waals surface area contributed by atoms with Gasteiger partial charge in [-0.2, -0.15) is 0 Å². The topological polar surface area (TPSA) is 12.0 Å². The van der Waals surface area contributed by atoms with Crippen molar-refractivity contribution in [2.45, 2.75) is 0 Å². The molecule has 0 heterocycles. The number of hydrogen-bond acceptors (Lipinski definition) is 1. The van der Waals surface area contributed by atoms with Crippen molar-refractivity contribution in [2.24, 2.45) is 0 Å². The molecule has 0 amide bonds. The molecule has 1 aromatic carbocycles. The van der Waals surface area contributed by atoms with Crippen LogP contribution in [0.5, 0.6) is 0 Å². The summed E-state index contributed by atoms with van der Waals surface area (Å²) in [4.78, 5) is 0. The molecule has 0 unspecified atom stereocenters. The molecule has 0 saturated carbocycles. The number of rotatable bonds is 2. The van der Waals surface area contributed by atoms with Gasteiger partial charge in [0.25, 0.3) is 0 Å². The fraction of sp³-hybridized carbons (Fsp3) is 0. The Bertz CT molecular complexity index is 166. The van der Waals surface area contributed by atoms with E-state index in [1.165, 1.54) is 0 Å². The minimum absolute atomic E-state index is 0.229. The second kappa shape index (κ2) is 3.83. The van der Waals surface area contributed by atoms with Gasteiger partial charge < -0.3 is 0 Å². The molecule has 0 aliphatic rings. The van der Waals surface area contributed by atoms with Gasteiger partial charge in [-0.25, -0.2) is 0 Å². The predicted octanol–water partition coefficient (Wildman–Crippen LogP) is 2.25. The fourth-order valence-corrected chi connectivity index (χ4v) is 1.35. The molecule has 0 aliphatic carbocycles. The van der Waals surface area contributed by atoms with Crippen LogP contribution >= 0.6 is 9.85 Å². The van der Waals surface area contributed by atoms with E-state index in [-0.39, 0.29) is 15.6 Å². The van der Waals surface area contributed by atoms with Crippen molar-refractivity contribution in [3.63, 3.8) is 0 Å². The first-order valence-electron chi connectivity index (χ1n) is 2.55. The van der Waals surface area contributed by atoms with Crippen LogP contribution in [0.3, 0.4) is 0 Å². The maximum atomic E-state index is 5.52. The molecule has 0 spiro atoms. The van der Waals surface area contributed by atoms with E-state index in [2.05, 4.69) is 4.17 Å². The molecule has 0 aliphatic heterocycles. The number of halogens is 1. The summed E-state index contributed by atoms with van der Waals surface area (Å²) < 4.78 is 3.07. The quantitative estimate of drug-likeness (QED) is 0.733. The van der Waals surface area contributed by atoms with Crippen LogP contribution in [0.4, 0.5) is 5.69 Å². The Morgan fingerprint density at radius 3 is 2.44 bits per heavy atom. The Morgan fingerprint density at radius 1 is 1.22 bits per heavy atom. The maximum absolute atomic E-state index is 5.52. The Hall–Kier alpha value is -0.106. The number of anilines is 1. The summed E-state index contributed by atoms with van der Waals surface area (Å²) in [6.07, 6.45) is 0. The van der Waals surface area contributed by atoms with E-state index < -0.39 is 0 Å². The van der Waals surface area contributed by atoms with Gasteiger partial charge >= 0.3 is 65.6 Å². The van der Waals surface area contributed by atoms with Gasteiger partial charge in [0.2, 0.25) is 0 Å². The van der Waals surface area contributed by atoms with E-state index in [0.29, 0.717) is 0 Å². The van der Waals surface area contributed by atoms with Crippen LogP contribution in [-0.4, -0.2) is 0 Å². The van der Waals surface area contributed by atoms with Crippen LogP contribution in [0.25, 0.3) is 0 Å². The molecule has 1 N–H and O–H groups in total. The molecule has 0 radical (unpaired) electrons. The normalized spacial score (nSPS) is 8.56. The molecule has 1 rings (SSSR count). The molecule has 0 bridgehead atoms. The van der Waals surface area contributed by atoms with Crippen LogP contribution in [0.1, 0.15) is 0 Å². The molecule has 1 nitrogen and oxygen atoms in total. The van der Waals surface area contributed by atoms with Crippen LogP contribution in [0.15, 0.2) is 30.3 Å². The monoisotopic (exact) mass is 178 g/mol. The Labute approximate surface area is 65.8 Å². The van der Waals surface area contributed by atoms with Gasteiger partial charge in [0.05, 0.1) is 0 Å². The van der Waals surface area contributed by atoms with E-state index in [1.807, 2.05) is 30.3 Å². The molecule has 1 aromatic rings. The van der Waals surface area contributed by atoms with E-state index in [9.17, 15) is 0 Å². The third kappa shape index (κ3) is 2.31. The molecule has 0 saturated heterocycles. The van der Waals surface area contributed by atoms with Gasteiger partial charge in [0, 0.05) is 0 Å². The molecule has 47 valence electrons. The zero-order chi connectivity index (χ0) is 6.53. The predicted molar refractivity (Wildman–Crippen MR) is 35.9 cm³/mol. The SMILES string of the molecule is [Cl][V][NH]c1ccccc1. The second-order valence-corrected chi connectivity index (χ2v) is 2.87. The van der Waals surface area contributed by atoms with Gasteiger partial charge in [0.1, 0.15) is 0 Å². The van der Waals surface area contributed by atoms with Gasteiger partial charge in [-0.3, -0.25) is 0 Å². The standard InChI is InChI=1S/C6H6N.ClH.V/c7-6-4-2-1-3-5-6;;/h1-5,7H;1H;/q-1;;+2/p-1. The summed E-state index contributed by atoms with van der Waals surface area (Å²) in [6, 6.07) is 9.94. The molecule has 3 heteroatoms. The van der Waals surface area contributed by atoms with E-state index in [0.717, 1.165) is 5.69 Å². The van der Waals surface area contributed by atoms with Gasteiger partial charge in [-0.1, -0.05) is 0 Å². The average molecular weight is 179 g/mol. The molecular weight excluding hydrogens is 172 g/mol. The number of hydrogen-bond donors (Lipinski definition) is 1. The molecule has 9 heavy (non-hydrogen) atoms. The molecular formula is C6H6ClNV. The third-order valence-electron chi connectivity index (χ3n) is 0.945. The van der Waals surface area contributed by atoms with Crippen molar-refractivity contribution in [3.8, 4) is 0 Å². The summed E-state index contributed by atoms with van der Waals surface area (Å²) in [5, 5.41) is 0. The van der Waals surface area contributed by atoms with Crippen LogP contribution in [0.2, 0.25) is 0 Å². The fourth-order valence-electron chi connectivity index (χ4n) is 0.561. The third-order valence-corrected chi connectivity index (χ3v) is 1.83.